The molecule has 0 radical (unpaired) electrons. The zero-order valence-electron chi connectivity index (χ0n) is 16.0. The van der Waals surface area contributed by atoms with Crippen LogP contribution in [0.4, 0.5) is 0 Å². The van der Waals surface area contributed by atoms with E-state index in [2.05, 4.69) is 5.48 Å². The predicted molar refractivity (Wildman–Crippen MR) is 109 cm³/mol. The van der Waals surface area contributed by atoms with E-state index in [0.29, 0.717) is 17.9 Å². The smallest absolute Gasteiger partial charge is 0.131 e. The van der Waals surface area contributed by atoms with Crippen LogP contribution < -0.4 is 10.2 Å². The second-order valence-electron chi connectivity index (χ2n) is 6.52. The van der Waals surface area contributed by atoms with Crippen molar-refractivity contribution in [2.75, 3.05) is 20.3 Å². The average Bonchev–Trinajstić information content (AvgIpc) is 2.65. The largest absolute Gasteiger partial charge is 0.511 e. The lowest BCUT2D eigenvalue weighted by Crippen LogP contribution is -2.32. The molecule has 0 spiro atoms. The quantitative estimate of drug-likeness (QED) is 0.194. The first-order valence-electron chi connectivity index (χ1n) is 8.74. The Kier molecular flexibility index (Phi) is 7.26. The van der Waals surface area contributed by atoms with Crippen molar-refractivity contribution in [2.24, 2.45) is 0 Å². The second-order valence-corrected chi connectivity index (χ2v) is 6.93. The number of allylic oxidation sites excluding steroid dienone is 2. The molecule has 1 aromatic rings. The Bertz CT molecular complexity index is 826. The molecule has 2 rings (SSSR count). The van der Waals surface area contributed by atoms with E-state index in [0.717, 1.165) is 0 Å². The van der Waals surface area contributed by atoms with Crippen molar-refractivity contribution in [2.45, 2.75) is 25.9 Å². The molecule has 1 atom stereocenters. The first-order chi connectivity index (χ1) is 13.2. The molecule has 0 saturated heterocycles. The molecule has 0 aromatic heterocycles. The minimum Gasteiger partial charge on any atom is -0.511 e. The van der Waals surface area contributed by atoms with Gasteiger partial charge in [-0.25, -0.2) is 5.48 Å². The van der Waals surface area contributed by atoms with E-state index in [-0.39, 0.29) is 46.4 Å². The number of nitrogens with one attached hydrogen (secondary N) is 2. The molecular weight excluding hydrogens is 384 g/mol. The number of methoxy groups -OCH3 is 1. The number of hydrogen-bond acceptors (Lipinski definition) is 7. The molecule has 1 unspecified atom stereocenters. The average molecular weight is 409 g/mol. The van der Waals surface area contributed by atoms with Crippen molar-refractivity contribution in [1.82, 2.24) is 5.48 Å². The Labute approximate surface area is 169 Å². The fraction of sp³-hybridized carbons (Fsp3) is 0.350. The monoisotopic (exact) mass is 408 g/mol. The summed E-state index contributed by atoms with van der Waals surface area (Å²) in [6.45, 7) is 3.76. The molecule has 0 saturated carbocycles. The number of halogens is 1. The highest BCUT2D eigenvalue weighted by molar-refractivity contribution is 6.31. The van der Waals surface area contributed by atoms with Crippen molar-refractivity contribution < 1.29 is 24.9 Å². The van der Waals surface area contributed by atoms with Crippen molar-refractivity contribution in [3.05, 3.63) is 58.0 Å². The lowest BCUT2D eigenvalue weighted by atomic mass is 9.83. The van der Waals surface area contributed by atoms with E-state index in [4.69, 9.17) is 26.6 Å². The normalized spacial score (nSPS) is 20.5. The number of hydroxylamine groups is 1. The van der Waals surface area contributed by atoms with Crippen LogP contribution in [-0.2, 0) is 4.84 Å². The number of benzene rings is 1. The maximum Gasteiger partial charge on any atom is 0.131 e. The summed E-state index contributed by atoms with van der Waals surface area (Å²) < 4.78 is 5.15. The van der Waals surface area contributed by atoms with Crippen LogP contribution >= 0.6 is 11.6 Å². The molecule has 0 aliphatic heterocycles. The van der Waals surface area contributed by atoms with Gasteiger partial charge in [0.25, 0.3) is 0 Å². The Morgan fingerprint density at radius 2 is 1.96 bits per heavy atom. The topological polar surface area (TPSA) is 115 Å². The summed E-state index contributed by atoms with van der Waals surface area (Å²) in [5.41, 5.74) is 1.92. The minimum atomic E-state index is -1.56. The highest BCUT2D eigenvalue weighted by Crippen LogP contribution is 2.38. The third-order valence-corrected chi connectivity index (χ3v) is 4.60. The van der Waals surface area contributed by atoms with Gasteiger partial charge in [0.2, 0.25) is 0 Å². The SMILES string of the molecule is CCNOCC(=N)/C(=C(\O)C1=CC(Cl)=C(O)CC1(C)O)c1ccc(OC)cc1. The Morgan fingerprint density at radius 1 is 1.32 bits per heavy atom. The Balaban J connectivity index is 2.57. The van der Waals surface area contributed by atoms with Crippen LogP contribution in [0.5, 0.6) is 5.75 Å². The molecule has 1 aromatic carbocycles. The van der Waals surface area contributed by atoms with Gasteiger partial charge in [0, 0.05) is 24.1 Å². The molecule has 5 N–H and O–H groups in total. The van der Waals surface area contributed by atoms with Gasteiger partial charge in [-0.15, -0.1) is 0 Å². The lowest BCUT2D eigenvalue weighted by Gasteiger charge is -2.30. The molecule has 0 bridgehead atoms. The third kappa shape index (κ3) is 4.94. The van der Waals surface area contributed by atoms with Gasteiger partial charge in [-0.2, -0.15) is 0 Å². The molecule has 7 nitrogen and oxygen atoms in total. The van der Waals surface area contributed by atoms with Crippen LogP contribution in [0.25, 0.3) is 5.57 Å². The summed E-state index contributed by atoms with van der Waals surface area (Å²) in [6.07, 6.45) is 1.15. The van der Waals surface area contributed by atoms with Gasteiger partial charge < -0.3 is 25.5 Å². The summed E-state index contributed by atoms with van der Waals surface area (Å²) in [4.78, 5) is 5.22. The molecule has 0 amide bonds. The Hall–Kier alpha value is -2.32. The van der Waals surface area contributed by atoms with E-state index < -0.39 is 5.60 Å². The van der Waals surface area contributed by atoms with Crippen molar-refractivity contribution >= 4 is 22.9 Å². The molecule has 0 heterocycles. The fourth-order valence-electron chi connectivity index (χ4n) is 2.84. The summed E-state index contributed by atoms with van der Waals surface area (Å²) in [6, 6.07) is 6.79. The molecular formula is C20H25ClN2O5. The molecule has 152 valence electrons. The van der Waals surface area contributed by atoms with Gasteiger partial charge in [-0.1, -0.05) is 30.7 Å². The van der Waals surface area contributed by atoms with Crippen LogP contribution in [0.3, 0.4) is 0 Å². The molecule has 8 heteroatoms. The fourth-order valence-corrected chi connectivity index (χ4v) is 3.01. The van der Waals surface area contributed by atoms with E-state index in [9.17, 15) is 15.3 Å². The number of rotatable bonds is 8. The molecule has 1 aliphatic carbocycles. The highest BCUT2D eigenvalue weighted by atomic mass is 35.5. The summed E-state index contributed by atoms with van der Waals surface area (Å²) in [5.74, 6) is 0.142. The van der Waals surface area contributed by atoms with Gasteiger partial charge in [-0.3, -0.25) is 4.84 Å². The standard InChI is InChI=1S/C20H25ClN2O5/c1-4-23-28-11-16(22)18(12-5-7-13(27-3)8-6-12)19(25)14-9-15(21)17(24)10-20(14,2)26/h5-9,22-26H,4,10-11H2,1-3H3/b19-18-,22-16?. The zero-order chi connectivity index (χ0) is 20.9. The zero-order valence-corrected chi connectivity index (χ0v) is 16.8. The van der Waals surface area contributed by atoms with Gasteiger partial charge in [0.1, 0.15) is 23.9 Å². The molecule has 28 heavy (non-hydrogen) atoms. The summed E-state index contributed by atoms with van der Waals surface area (Å²) in [5, 5.41) is 40.0. The second kappa shape index (κ2) is 9.25. The summed E-state index contributed by atoms with van der Waals surface area (Å²) >= 11 is 6.01. The van der Waals surface area contributed by atoms with Crippen LogP contribution in [0.15, 0.2) is 52.5 Å². The van der Waals surface area contributed by atoms with Crippen molar-refractivity contribution in [1.29, 1.82) is 5.41 Å². The van der Waals surface area contributed by atoms with Crippen LogP contribution in [-0.4, -0.2) is 46.9 Å². The minimum absolute atomic E-state index is 0.00443. The Morgan fingerprint density at radius 3 is 2.54 bits per heavy atom. The van der Waals surface area contributed by atoms with Gasteiger partial charge in [0.15, 0.2) is 0 Å². The van der Waals surface area contributed by atoms with Gasteiger partial charge in [0.05, 0.1) is 23.5 Å². The first kappa shape index (κ1) is 22.0. The maximum atomic E-state index is 11.0. The van der Waals surface area contributed by atoms with Gasteiger partial charge in [-0.05, 0) is 30.7 Å². The van der Waals surface area contributed by atoms with Crippen molar-refractivity contribution in [3.8, 4) is 5.75 Å². The van der Waals surface area contributed by atoms with E-state index in [1.54, 1.807) is 31.4 Å². The number of aliphatic hydroxyl groups excluding tert-OH is 2. The van der Waals surface area contributed by atoms with Gasteiger partial charge >= 0.3 is 0 Å². The van der Waals surface area contributed by atoms with Crippen LogP contribution in [0, 0.1) is 5.41 Å². The maximum absolute atomic E-state index is 11.0. The number of ether oxygens (including phenoxy) is 1. The summed E-state index contributed by atoms with van der Waals surface area (Å²) in [7, 11) is 1.54. The highest BCUT2D eigenvalue weighted by Gasteiger charge is 2.36. The molecule has 0 fully saturated rings. The van der Waals surface area contributed by atoms with Crippen molar-refractivity contribution in [3.63, 3.8) is 0 Å². The van der Waals surface area contributed by atoms with Crippen LogP contribution in [0.2, 0.25) is 0 Å². The van der Waals surface area contributed by atoms with Crippen LogP contribution in [0.1, 0.15) is 25.8 Å². The third-order valence-electron chi connectivity index (χ3n) is 4.27. The van der Waals surface area contributed by atoms with E-state index in [1.165, 1.54) is 13.0 Å². The first-order valence-corrected chi connectivity index (χ1v) is 9.11. The number of hydrogen-bond donors (Lipinski definition) is 5. The van der Waals surface area contributed by atoms with E-state index in [1.807, 2.05) is 6.92 Å². The predicted octanol–water partition coefficient (Wildman–Crippen LogP) is 3.61. The number of aliphatic hydroxyl groups is 3. The van der Waals surface area contributed by atoms with E-state index >= 15 is 0 Å². The lowest BCUT2D eigenvalue weighted by molar-refractivity contribution is 0.0740. The molecule has 1 aliphatic rings.